The van der Waals surface area contributed by atoms with Crippen LogP contribution in [0, 0.1) is 6.92 Å². The third-order valence-corrected chi connectivity index (χ3v) is 3.89. The molecular weight excluding hydrogens is 264 g/mol. The largest absolute Gasteiger partial charge is 0.293 e. The molecule has 1 amide bonds. The van der Waals surface area contributed by atoms with Crippen LogP contribution in [0.2, 0.25) is 0 Å². The standard InChI is InChI=1S/C13H14N2OS2/c1-3-7-15-12(16)11(18-13(15)17)8-10-6-4-5-9(2)14-10/h4-6,8H,3,7H2,1-2H3/b11-8-. The van der Waals surface area contributed by atoms with Crippen molar-refractivity contribution in [3.8, 4) is 0 Å². The van der Waals surface area contributed by atoms with Gasteiger partial charge in [0, 0.05) is 12.2 Å². The van der Waals surface area contributed by atoms with Crippen molar-refractivity contribution in [3.63, 3.8) is 0 Å². The van der Waals surface area contributed by atoms with Gasteiger partial charge in [0.2, 0.25) is 0 Å². The molecule has 1 aromatic heterocycles. The summed E-state index contributed by atoms with van der Waals surface area (Å²) in [6, 6.07) is 5.75. The number of nitrogens with zero attached hydrogens (tertiary/aromatic N) is 2. The number of carbonyl (C=O) groups excluding carboxylic acids is 1. The minimum Gasteiger partial charge on any atom is -0.293 e. The van der Waals surface area contributed by atoms with Crippen molar-refractivity contribution < 1.29 is 4.79 Å². The fraction of sp³-hybridized carbons (Fsp3) is 0.308. The number of thiocarbonyl (C=S) groups is 1. The van der Waals surface area contributed by atoms with E-state index in [-0.39, 0.29) is 5.91 Å². The Morgan fingerprint density at radius 1 is 1.50 bits per heavy atom. The molecule has 5 heteroatoms. The van der Waals surface area contributed by atoms with Crippen molar-refractivity contribution in [2.45, 2.75) is 20.3 Å². The normalized spacial score (nSPS) is 17.9. The lowest BCUT2D eigenvalue weighted by molar-refractivity contribution is -0.122. The molecule has 3 nitrogen and oxygen atoms in total. The molecule has 1 aromatic rings. The first-order valence-electron chi connectivity index (χ1n) is 5.81. The zero-order valence-corrected chi connectivity index (χ0v) is 12.0. The van der Waals surface area contributed by atoms with Gasteiger partial charge < -0.3 is 0 Å². The Bertz CT molecular complexity index is 525. The zero-order valence-electron chi connectivity index (χ0n) is 10.3. The Morgan fingerprint density at radius 2 is 2.28 bits per heavy atom. The summed E-state index contributed by atoms with van der Waals surface area (Å²) < 4.78 is 0.640. The van der Waals surface area contributed by atoms with Crippen LogP contribution < -0.4 is 0 Å². The Balaban J connectivity index is 2.25. The predicted molar refractivity (Wildman–Crippen MR) is 79.1 cm³/mol. The van der Waals surface area contributed by atoms with Crippen molar-refractivity contribution in [2.24, 2.45) is 0 Å². The number of amides is 1. The van der Waals surface area contributed by atoms with Crippen LogP contribution in [0.25, 0.3) is 6.08 Å². The van der Waals surface area contributed by atoms with Crippen LogP contribution in [0.4, 0.5) is 0 Å². The Morgan fingerprint density at radius 3 is 2.94 bits per heavy atom. The summed E-state index contributed by atoms with van der Waals surface area (Å²) >= 11 is 6.56. The Labute approximate surface area is 116 Å². The van der Waals surface area contributed by atoms with Gasteiger partial charge in [-0.3, -0.25) is 14.7 Å². The molecule has 0 spiro atoms. The van der Waals surface area contributed by atoms with Gasteiger partial charge >= 0.3 is 0 Å². The summed E-state index contributed by atoms with van der Waals surface area (Å²) in [4.78, 5) is 18.8. The molecular formula is C13H14N2OS2. The third-order valence-electron chi connectivity index (χ3n) is 2.51. The highest BCUT2D eigenvalue weighted by Crippen LogP contribution is 2.32. The third kappa shape index (κ3) is 2.79. The number of pyridine rings is 1. The van der Waals surface area contributed by atoms with Crippen molar-refractivity contribution in [1.29, 1.82) is 0 Å². The molecule has 0 saturated carbocycles. The molecule has 2 heterocycles. The molecule has 1 aliphatic rings. The van der Waals surface area contributed by atoms with Crippen LogP contribution in [0.1, 0.15) is 24.7 Å². The van der Waals surface area contributed by atoms with E-state index in [1.54, 1.807) is 4.90 Å². The lowest BCUT2D eigenvalue weighted by Crippen LogP contribution is -2.28. The second-order valence-electron chi connectivity index (χ2n) is 4.04. The highest BCUT2D eigenvalue weighted by atomic mass is 32.2. The Kier molecular flexibility index (Phi) is 4.14. The average molecular weight is 278 g/mol. The minimum absolute atomic E-state index is 0.00449. The SMILES string of the molecule is CCCN1C(=O)/C(=C/c2cccc(C)n2)SC1=S. The molecule has 0 aromatic carbocycles. The summed E-state index contributed by atoms with van der Waals surface area (Å²) in [5.74, 6) is -0.00449. The van der Waals surface area contributed by atoms with Crippen molar-refractivity contribution in [3.05, 3.63) is 34.5 Å². The molecule has 2 rings (SSSR count). The van der Waals surface area contributed by atoms with Crippen molar-refractivity contribution in [2.75, 3.05) is 6.54 Å². The van der Waals surface area contributed by atoms with E-state index < -0.39 is 0 Å². The van der Waals surface area contributed by atoms with Gasteiger partial charge in [0.1, 0.15) is 4.32 Å². The maximum Gasteiger partial charge on any atom is 0.266 e. The molecule has 94 valence electrons. The first-order valence-corrected chi connectivity index (χ1v) is 7.03. The van der Waals surface area contributed by atoms with Gasteiger partial charge in [0.05, 0.1) is 10.6 Å². The number of aromatic nitrogens is 1. The van der Waals surface area contributed by atoms with Crippen LogP contribution in [-0.4, -0.2) is 26.7 Å². The second-order valence-corrected chi connectivity index (χ2v) is 5.71. The van der Waals surface area contributed by atoms with E-state index in [9.17, 15) is 4.79 Å². The number of aryl methyl sites for hydroxylation is 1. The van der Waals surface area contributed by atoms with Gasteiger partial charge in [-0.2, -0.15) is 0 Å². The highest BCUT2D eigenvalue weighted by Gasteiger charge is 2.31. The molecule has 0 bridgehead atoms. The van der Waals surface area contributed by atoms with E-state index >= 15 is 0 Å². The van der Waals surface area contributed by atoms with Crippen molar-refractivity contribution in [1.82, 2.24) is 9.88 Å². The molecule has 0 atom stereocenters. The molecule has 1 fully saturated rings. The van der Waals surface area contributed by atoms with Crippen LogP contribution in [0.3, 0.4) is 0 Å². The Hall–Kier alpha value is -1.20. The maximum absolute atomic E-state index is 12.1. The number of hydrogen-bond acceptors (Lipinski definition) is 4. The molecule has 0 N–H and O–H groups in total. The molecule has 1 saturated heterocycles. The highest BCUT2D eigenvalue weighted by molar-refractivity contribution is 8.26. The molecule has 0 unspecified atom stereocenters. The summed E-state index contributed by atoms with van der Waals surface area (Å²) in [7, 11) is 0. The molecule has 18 heavy (non-hydrogen) atoms. The number of thioether (sulfide) groups is 1. The second kappa shape index (κ2) is 5.63. The number of rotatable bonds is 3. The van der Waals surface area contributed by atoms with E-state index in [0.717, 1.165) is 17.8 Å². The van der Waals surface area contributed by atoms with E-state index in [1.807, 2.05) is 38.1 Å². The van der Waals surface area contributed by atoms with E-state index in [1.165, 1.54) is 11.8 Å². The van der Waals surface area contributed by atoms with E-state index in [4.69, 9.17) is 12.2 Å². The van der Waals surface area contributed by atoms with Gasteiger partial charge in [-0.05, 0) is 31.6 Å². The number of hydrogen-bond donors (Lipinski definition) is 0. The van der Waals surface area contributed by atoms with Crippen LogP contribution in [-0.2, 0) is 4.79 Å². The smallest absolute Gasteiger partial charge is 0.266 e. The fourth-order valence-corrected chi connectivity index (χ4v) is 2.99. The summed E-state index contributed by atoms with van der Waals surface area (Å²) in [5.41, 5.74) is 1.74. The van der Waals surface area contributed by atoms with Crippen molar-refractivity contribution >= 4 is 40.3 Å². The maximum atomic E-state index is 12.1. The van der Waals surface area contributed by atoms with E-state index in [2.05, 4.69) is 4.98 Å². The molecule has 1 aliphatic heterocycles. The van der Waals surface area contributed by atoms with Crippen LogP contribution >= 0.6 is 24.0 Å². The number of carbonyl (C=O) groups is 1. The van der Waals surface area contributed by atoms with Gasteiger partial charge in [-0.1, -0.05) is 37.0 Å². The van der Waals surface area contributed by atoms with Crippen LogP contribution in [0.5, 0.6) is 0 Å². The first kappa shape index (κ1) is 13.2. The van der Waals surface area contributed by atoms with E-state index in [0.29, 0.717) is 15.8 Å². The fourth-order valence-electron chi connectivity index (χ4n) is 1.70. The van der Waals surface area contributed by atoms with Gasteiger partial charge in [0.25, 0.3) is 5.91 Å². The topological polar surface area (TPSA) is 33.2 Å². The molecule has 0 radical (unpaired) electrons. The van der Waals surface area contributed by atoms with Gasteiger partial charge in [0.15, 0.2) is 0 Å². The quantitative estimate of drug-likeness (QED) is 0.628. The zero-order chi connectivity index (χ0) is 13.1. The predicted octanol–water partition coefficient (Wildman–Crippen LogP) is 3.00. The minimum atomic E-state index is -0.00449. The van der Waals surface area contributed by atoms with Gasteiger partial charge in [-0.15, -0.1) is 0 Å². The van der Waals surface area contributed by atoms with Gasteiger partial charge in [-0.25, -0.2) is 0 Å². The first-order chi connectivity index (χ1) is 8.61. The summed E-state index contributed by atoms with van der Waals surface area (Å²) in [5, 5.41) is 0. The monoisotopic (exact) mass is 278 g/mol. The summed E-state index contributed by atoms with van der Waals surface area (Å²) in [6.07, 6.45) is 2.71. The lowest BCUT2D eigenvalue weighted by Gasteiger charge is -2.11. The summed E-state index contributed by atoms with van der Waals surface area (Å²) in [6.45, 7) is 4.65. The average Bonchev–Trinajstić information content (AvgIpc) is 2.57. The lowest BCUT2D eigenvalue weighted by atomic mass is 10.3. The molecule has 0 aliphatic carbocycles. The van der Waals surface area contributed by atoms with Crippen LogP contribution in [0.15, 0.2) is 23.1 Å².